The molecule has 0 saturated heterocycles. The van der Waals surface area contributed by atoms with Gasteiger partial charge in [0.15, 0.2) is 11.5 Å². The number of carbonyl (C=O) groups excluding carboxylic acids is 2. The fourth-order valence-electron chi connectivity index (χ4n) is 3.03. The Morgan fingerprint density at radius 3 is 1.86 bits per heavy atom. The third-order valence-corrected chi connectivity index (χ3v) is 4.68. The van der Waals surface area contributed by atoms with Crippen LogP contribution in [0, 0.1) is 23.2 Å². The van der Waals surface area contributed by atoms with E-state index >= 15 is 0 Å². The van der Waals surface area contributed by atoms with Crippen molar-refractivity contribution in [3.05, 3.63) is 42.0 Å². The lowest BCUT2D eigenvalue weighted by molar-refractivity contribution is -0.122. The first-order valence-corrected chi connectivity index (χ1v) is 8.92. The van der Waals surface area contributed by atoms with Crippen LogP contribution in [-0.2, 0) is 9.59 Å². The molecule has 2 atom stereocenters. The maximum absolute atomic E-state index is 12.5. The zero-order chi connectivity index (χ0) is 21.0. The molecule has 1 aliphatic rings. The van der Waals surface area contributed by atoms with Crippen molar-refractivity contribution in [1.82, 2.24) is 0 Å². The van der Waals surface area contributed by atoms with Crippen molar-refractivity contribution < 1.29 is 23.8 Å². The topological polar surface area (TPSA) is 110 Å². The Balaban J connectivity index is 1.62. The number of ether oxygens (including phenoxy) is 3. The molecule has 0 radical (unpaired) electrons. The summed E-state index contributed by atoms with van der Waals surface area (Å²) in [7, 11) is 4.49. The molecule has 0 heterocycles. The van der Waals surface area contributed by atoms with E-state index in [0.29, 0.717) is 40.6 Å². The van der Waals surface area contributed by atoms with Crippen LogP contribution in [0.3, 0.4) is 0 Å². The number of rotatable bonds is 7. The lowest BCUT2D eigenvalue weighted by atomic mass is 10.2. The molecule has 0 bridgehead atoms. The summed E-state index contributed by atoms with van der Waals surface area (Å²) in [5, 5.41) is 14.4. The van der Waals surface area contributed by atoms with Crippen molar-refractivity contribution in [2.24, 2.45) is 11.8 Å². The van der Waals surface area contributed by atoms with Crippen LogP contribution in [0.15, 0.2) is 36.4 Å². The highest BCUT2D eigenvalue weighted by molar-refractivity contribution is 6.03. The summed E-state index contributed by atoms with van der Waals surface area (Å²) in [6, 6.07) is 11.8. The van der Waals surface area contributed by atoms with Gasteiger partial charge in [0.05, 0.1) is 44.8 Å². The van der Waals surface area contributed by atoms with Crippen molar-refractivity contribution in [3.8, 4) is 23.3 Å². The SMILES string of the molecule is COc1cc(NC(=O)C2CC2C(=O)Nc2ccc(C#N)cc2)cc(OC)c1OC. The summed E-state index contributed by atoms with van der Waals surface area (Å²) < 4.78 is 15.8. The number of carbonyl (C=O) groups is 2. The molecular formula is C21H21N3O5. The van der Waals surface area contributed by atoms with Crippen LogP contribution in [0.5, 0.6) is 17.2 Å². The van der Waals surface area contributed by atoms with Crippen molar-refractivity contribution in [2.45, 2.75) is 6.42 Å². The van der Waals surface area contributed by atoms with Crippen molar-refractivity contribution >= 4 is 23.2 Å². The lowest BCUT2D eigenvalue weighted by Gasteiger charge is -2.14. The van der Waals surface area contributed by atoms with Gasteiger partial charge < -0.3 is 24.8 Å². The van der Waals surface area contributed by atoms with Crippen LogP contribution >= 0.6 is 0 Å². The Bertz CT molecular complexity index is 940. The van der Waals surface area contributed by atoms with E-state index in [0.717, 1.165) is 0 Å². The Labute approximate surface area is 168 Å². The van der Waals surface area contributed by atoms with E-state index in [1.54, 1.807) is 36.4 Å². The van der Waals surface area contributed by atoms with Crippen molar-refractivity contribution in [2.75, 3.05) is 32.0 Å². The lowest BCUT2D eigenvalue weighted by Crippen LogP contribution is -2.20. The van der Waals surface area contributed by atoms with Crippen LogP contribution in [-0.4, -0.2) is 33.1 Å². The molecule has 2 unspecified atom stereocenters. The van der Waals surface area contributed by atoms with Gasteiger partial charge in [-0.05, 0) is 30.7 Å². The Hall–Kier alpha value is -3.73. The van der Waals surface area contributed by atoms with Gasteiger partial charge in [0.25, 0.3) is 0 Å². The Morgan fingerprint density at radius 1 is 0.897 bits per heavy atom. The highest BCUT2D eigenvalue weighted by atomic mass is 16.5. The molecule has 2 aromatic carbocycles. The van der Waals surface area contributed by atoms with Crippen LogP contribution in [0.25, 0.3) is 0 Å². The third-order valence-electron chi connectivity index (χ3n) is 4.68. The molecule has 2 N–H and O–H groups in total. The van der Waals surface area contributed by atoms with Gasteiger partial charge in [-0.1, -0.05) is 0 Å². The van der Waals surface area contributed by atoms with E-state index < -0.39 is 11.8 Å². The number of methoxy groups -OCH3 is 3. The minimum absolute atomic E-state index is 0.222. The van der Waals surface area contributed by atoms with Crippen molar-refractivity contribution in [3.63, 3.8) is 0 Å². The van der Waals surface area contributed by atoms with E-state index in [1.165, 1.54) is 21.3 Å². The number of amides is 2. The zero-order valence-corrected chi connectivity index (χ0v) is 16.3. The predicted molar refractivity (Wildman–Crippen MR) is 106 cm³/mol. The van der Waals surface area contributed by atoms with Gasteiger partial charge >= 0.3 is 0 Å². The number of benzene rings is 2. The summed E-state index contributed by atoms with van der Waals surface area (Å²) in [5.74, 6) is -0.000592. The average Bonchev–Trinajstić information content (AvgIpc) is 3.54. The quantitative estimate of drug-likeness (QED) is 0.746. The van der Waals surface area contributed by atoms with E-state index in [2.05, 4.69) is 10.6 Å². The van der Waals surface area contributed by atoms with Gasteiger partial charge in [0.2, 0.25) is 17.6 Å². The number of hydrogen-bond donors (Lipinski definition) is 2. The highest BCUT2D eigenvalue weighted by Gasteiger charge is 2.48. The minimum atomic E-state index is -0.410. The Kier molecular flexibility index (Phi) is 5.88. The van der Waals surface area contributed by atoms with Gasteiger partial charge in [-0.15, -0.1) is 0 Å². The maximum Gasteiger partial charge on any atom is 0.228 e. The largest absolute Gasteiger partial charge is 0.493 e. The molecule has 150 valence electrons. The molecule has 8 heteroatoms. The number of nitrogens with one attached hydrogen (secondary N) is 2. The summed E-state index contributed by atoms with van der Waals surface area (Å²) in [5.41, 5.74) is 1.59. The summed E-state index contributed by atoms with van der Waals surface area (Å²) in [6.07, 6.45) is 0.471. The van der Waals surface area contributed by atoms with E-state index in [-0.39, 0.29) is 11.8 Å². The monoisotopic (exact) mass is 395 g/mol. The van der Waals surface area contributed by atoms with Crippen molar-refractivity contribution in [1.29, 1.82) is 5.26 Å². The average molecular weight is 395 g/mol. The van der Waals surface area contributed by atoms with Gasteiger partial charge in [-0.3, -0.25) is 9.59 Å². The van der Waals surface area contributed by atoms with Gasteiger partial charge in [-0.25, -0.2) is 0 Å². The molecule has 29 heavy (non-hydrogen) atoms. The number of nitriles is 1. The first-order chi connectivity index (χ1) is 14.0. The van der Waals surface area contributed by atoms with Gasteiger partial charge in [-0.2, -0.15) is 5.26 Å². The molecule has 2 amide bonds. The normalized spacial score (nSPS) is 16.9. The zero-order valence-electron chi connectivity index (χ0n) is 16.3. The third kappa shape index (κ3) is 4.41. The molecular weight excluding hydrogens is 374 g/mol. The first kappa shape index (κ1) is 20.0. The van der Waals surface area contributed by atoms with Crippen LogP contribution in [0.2, 0.25) is 0 Å². The van der Waals surface area contributed by atoms with Crippen LogP contribution < -0.4 is 24.8 Å². The fraction of sp³-hybridized carbons (Fsp3) is 0.286. The molecule has 1 fully saturated rings. The van der Waals surface area contributed by atoms with Crippen LogP contribution in [0.1, 0.15) is 12.0 Å². The second kappa shape index (κ2) is 8.52. The molecule has 1 aliphatic carbocycles. The molecule has 0 aromatic heterocycles. The summed E-state index contributed by atoms with van der Waals surface area (Å²) >= 11 is 0. The predicted octanol–water partition coefficient (Wildman–Crippen LogP) is 2.80. The van der Waals surface area contributed by atoms with Crippen LogP contribution in [0.4, 0.5) is 11.4 Å². The second-order valence-corrected chi connectivity index (χ2v) is 6.53. The molecule has 0 spiro atoms. The fourth-order valence-corrected chi connectivity index (χ4v) is 3.03. The number of nitrogens with zero attached hydrogens (tertiary/aromatic N) is 1. The smallest absolute Gasteiger partial charge is 0.228 e. The maximum atomic E-state index is 12.5. The van der Waals surface area contributed by atoms with Gasteiger partial charge in [0, 0.05) is 23.5 Å². The number of anilines is 2. The standard InChI is InChI=1S/C21H21N3O5/c1-27-17-8-14(9-18(28-2)19(17)29-3)24-21(26)16-10-15(16)20(25)23-13-6-4-12(11-22)5-7-13/h4-9,15-16H,10H2,1-3H3,(H,23,25)(H,24,26). The Morgan fingerprint density at radius 2 is 1.41 bits per heavy atom. The summed E-state index contributed by atoms with van der Waals surface area (Å²) in [6.45, 7) is 0. The van der Waals surface area contributed by atoms with E-state index in [1.807, 2.05) is 6.07 Å². The minimum Gasteiger partial charge on any atom is -0.493 e. The molecule has 1 saturated carbocycles. The number of hydrogen-bond acceptors (Lipinski definition) is 6. The van der Waals surface area contributed by atoms with Gasteiger partial charge in [0.1, 0.15) is 0 Å². The van der Waals surface area contributed by atoms with E-state index in [9.17, 15) is 9.59 Å². The molecule has 3 rings (SSSR count). The molecule has 0 aliphatic heterocycles. The summed E-state index contributed by atoms with van der Waals surface area (Å²) in [4.78, 5) is 24.9. The highest BCUT2D eigenvalue weighted by Crippen LogP contribution is 2.42. The first-order valence-electron chi connectivity index (χ1n) is 8.92. The molecule has 8 nitrogen and oxygen atoms in total. The molecule has 2 aromatic rings. The second-order valence-electron chi connectivity index (χ2n) is 6.53. The van der Waals surface area contributed by atoms with E-state index in [4.69, 9.17) is 19.5 Å².